The summed E-state index contributed by atoms with van der Waals surface area (Å²) in [6, 6.07) is 13.5. The first-order valence-corrected chi connectivity index (χ1v) is 8.58. The fourth-order valence-corrected chi connectivity index (χ4v) is 3.19. The van der Waals surface area contributed by atoms with E-state index in [4.69, 9.17) is 11.6 Å². The Morgan fingerprint density at radius 2 is 1.71 bits per heavy atom. The predicted molar refractivity (Wildman–Crippen MR) is 97.5 cm³/mol. The molecule has 1 aliphatic heterocycles. The van der Waals surface area contributed by atoms with Crippen LogP contribution in [0.2, 0.25) is 5.02 Å². The zero-order valence-electron chi connectivity index (χ0n) is 14.1. The number of benzene rings is 1. The number of carbonyl (C=O) groups excluding carboxylic acids is 1. The number of halogens is 1. The van der Waals surface area contributed by atoms with E-state index in [1.54, 1.807) is 6.20 Å². The maximum absolute atomic E-state index is 13.0. The van der Waals surface area contributed by atoms with E-state index in [2.05, 4.69) is 9.88 Å². The first-order valence-electron chi connectivity index (χ1n) is 8.20. The summed E-state index contributed by atoms with van der Waals surface area (Å²) in [5.74, 6) is 1.13. The number of hydrogen-bond donors (Lipinski definition) is 0. The summed E-state index contributed by atoms with van der Waals surface area (Å²) in [6.45, 7) is 6.99. The molecule has 5 heteroatoms. The number of pyridine rings is 1. The topological polar surface area (TPSA) is 36.4 Å². The molecule has 2 aromatic rings. The van der Waals surface area contributed by atoms with Gasteiger partial charge < -0.3 is 9.80 Å². The summed E-state index contributed by atoms with van der Waals surface area (Å²) < 4.78 is 0. The fraction of sp³-hybridized carbons (Fsp3) is 0.368. The highest BCUT2D eigenvalue weighted by atomic mass is 35.5. The number of hydrogen-bond acceptors (Lipinski definition) is 3. The van der Waals surface area contributed by atoms with Crippen molar-refractivity contribution in [3.05, 3.63) is 59.2 Å². The number of anilines is 1. The Bertz CT molecular complexity index is 692. The van der Waals surface area contributed by atoms with E-state index in [1.165, 1.54) is 0 Å². The summed E-state index contributed by atoms with van der Waals surface area (Å²) >= 11 is 5.96. The molecular formula is C19H22ClN3O. The summed E-state index contributed by atoms with van der Waals surface area (Å²) in [5, 5.41) is 0.686. The standard InChI is InChI=1S/C19H22ClN3O/c1-19(2,15-6-8-16(20)9-7-15)18(24)23-13-11-22(12-14-23)17-5-3-4-10-21-17/h3-10H,11-14H2,1-2H3. The van der Waals surface area contributed by atoms with Crippen molar-refractivity contribution in [2.45, 2.75) is 19.3 Å². The molecule has 1 fully saturated rings. The van der Waals surface area contributed by atoms with Gasteiger partial charge in [0.1, 0.15) is 5.82 Å². The first-order chi connectivity index (χ1) is 11.5. The van der Waals surface area contributed by atoms with Crippen LogP contribution in [0.5, 0.6) is 0 Å². The average Bonchev–Trinajstić information content (AvgIpc) is 2.62. The van der Waals surface area contributed by atoms with E-state index in [9.17, 15) is 4.79 Å². The van der Waals surface area contributed by atoms with Crippen molar-refractivity contribution < 1.29 is 4.79 Å². The van der Waals surface area contributed by atoms with Crippen LogP contribution in [0.25, 0.3) is 0 Å². The fourth-order valence-electron chi connectivity index (χ4n) is 3.06. The molecule has 24 heavy (non-hydrogen) atoms. The molecule has 126 valence electrons. The lowest BCUT2D eigenvalue weighted by molar-refractivity contribution is -0.136. The molecule has 0 unspecified atom stereocenters. The van der Waals surface area contributed by atoms with E-state index in [1.807, 2.05) is 61.2 Å². The van der Waals surface area contributed by atoms with Crippen molar-refractivity contribution in [3.8, 4) is 0 Å². The Labute approximate surface area is 148 Å². The molecule has 1 aliphatic rings. The molecule has 0 aliphatic carbocycles. The van der Waals surface area contributed by atoms with Crippen molar-refractivity contribution in [1.29, 1.82) is 0 Å². The number of rotatable bonds is 3. The number of carbonyl (C=O) groups is 1. The van der Waals surface area contributed by atoms with Gasteiger partial charge in [0.25, 0.3) is 0 Å². The smallest absolute Gasteiger partial charge is 0.232 e. The largest absolute Gasteiger partial charge is 0.353 e. The lowest BCUT2D eigenvalue weighted by Crippen LogP contribution is -2.53. The van der Waals surface area contributed by atoms with Gasteiger partial charge in [0.2, 0.25) is 5.91 Å². The monoisotopic (exact) mass is 343 g/mol. The molecule has 0 spiro atoms. The van der Waals surface area contributed by atoms with Crippen molar-refractivity contribution in [2.24, 2.45) is 0 Å². The van der Waals surface area contributed by atoms with E-state index < -0.39 is 5.41 Å². The minimum absolute atomic E-state index is 0.158. The third-order valence-electron chi connectivity index (χ3n) is 4.64. The van der Waals surface area contributed by atoms with Crippen LogP contribution in [0.3, 0.4) is 0 Å². The van der Waals surface area contributed by atoms with Gasteiger partial charge in [-0.3, -0.25) is 4.79 Å². The molecule has 0 bridgehead atoms. The predicted octanol–water partition coefficient (Wildman–Crippen LogP) is 3.36. The van der Waals surface area contributed by atoms with Crippen LogP contribution < -0.4 is 4.90 Å². The normalized spacial score (nSPS) is 15.5. The van der Waals surface area contributed by atoms with Gasteiger partial charge in [0.15, 0.2) is 0 Å². The molecule has 1 amide bonds. The molecule has 0 atom stereocenters. The van der Waals surface area contributed by atoms with Gasteiger partial charge >= 0.3 is 0 Å². The minimum atomic E-state index is -0.558. The molecule has 2 heterocycles. The summed E-state index contributed by atoms with van der Waals surface area (Å²) in [6.07, 6.45) is 1.80. The van der Waals surface area contributed by atoms with Crippen molar-refractivity contribution in [1.82, 2.24) is 9.88 Å². The molecule has 1 aromatic heterocycles. The van der Waals surface area contributed by atoms with Crippen molar-refractivity contribution >= 4 is 23.3 Å². The molecule has 1 saturated heterocycles. The second-order valence-corrected chi connectivity index (χ2v) is 7.04. The number of aromatic nitrogens is 1. The van der Waals surface area contributed by atoms with E-state index >= 15 is 0 Å². The zero-order chi connectivity index (χ0) is 17.2. The highest BCUT2D eigenvalue weighted by Gasteiger charge is 2.35. The van der Waals surface area contributed by atoms with Gasteiger partial charge in [-0.15, -0.1) is 0 Å². The SMILES string of the molecule is CC(C)(C(=O)N1CCN(c2ccccn2)CC1)c1ccc(Cl)cc1. The highest BCUT2D eigenvalue weighted by Crippen LogP contribution is 2.27. The molecule has 1 aromatic carbocycles. The Balaban J connectivity index is 1.67. The number of amides is 1. The third-order valence-corrected chi connectivity index (χ3v) is 4.89. The highest BCUT2D eigenvalue weighted by molar-refractivity contribution is 6.30. The average molecular weight is 344 g/mol. The van der Waals surface area contributed by atoms with Gasteiger partial charge in [-0.1, -0.05) is 29.8 Å². The molecule has 0 N–H and O–H groups in total. The van der Waals surface area contributed by atoms with Gasteiger partial charge in [0.05, 0.1) is 5.41 Å². The van der Waals surface area contributed by atoms with E-state index in [0.29, 0.717) is 18.1 Å². The van der Waals surface area contributed by atoms with Crippen LogP contribution in [0.1, 0.15) is 19.4 Å². The van der Waals surface area contributed by atoms with Crippen LogP contribution in [-0.4, -0.2) is 42.0 Å². The van der Waals surface area contributed by atoms with E-state index in [-0.39, 0.29) is 5.91 Å². The Hall–Kier alpha value is -2.07. The quantitative estimate of drug-likeness (QED) is 0.857. The summed E-state index contributed by atoms with van der Waals surface area (Å²) in [4.78, 5) is 21.6. The van der Waals surface area contributed by atoms with Crippen LogP contribution >= 0.6 is 11.6 Å². The van der Waals surface area contributed by atoms with Crippen LogP contribution in [0.4, 0.5) is 5.82 Å². The van der Waals surface area contributed by atoms with Crippen molar-refractivity contribution in [2.75, 3.05) is 31.1 Å². The summed E-state index contributed by atoms with van der Waals surface area (Å²) in [7, 11) is 0. The number of piperazine rings is 1. The van der Waals surface area contributed by atoms with Gasteiger partial charge in [-0.25, -0.2) is 4.98 Å². The second-order valence-electron chi connectivity index (χ2n) is 6.60. The maximum Gasteiger partial charge on any atom is 0.232 e. The third kappa shape index (κ3) is 3.39. The zero-order valence-corrected chi connectivity index (χ0v) is 14.8. The van der Waals surface area contributed by atoms with Crippen LogP contribution in [-0.2, 0) is 10.2 Å². The van der Waals surface area contributed by atoms with Crippen molar-refractivity contribution in [3.63, 3.8) is 0 Å². The van der Waals surface area contributed by atoms with Gasteiger partial charge in [-0.2, -0.15) is 0 Å². The van der Waals surface area contributed by atoms with Crippen LogP contribution in [0.15, 0.2) is 48.7 Å². The van der Waals surface area contributed by atoms with Crippen LogP contribution in [0, 0.1) is 0 Å². The molecule has 3 rings (SSSR count). The molecular weight excluding hydrogens is 322 g/mol. The lowest BCUT2D eigenvalue weighted by atomic mass is 9.83. The number of nitrogens with zero attached hydrogens (tertiary/aromatic N) is 3. The minimum Gasteiger partial charge on any atom is -0.353 e. The molecule has 4 nitrogen and oxygen atoms in total. The Morgan fingerprint density at radius 3 is 2.29 bits per heavy atom. The molecule has 0 radical (unpaired) electrons. The summed E-state index contributed by atoms with van der Waals surface area (Å²) in [5.41, 5.74) is 0.432. The first kappa shape index (κ1) is 16.8. The second kappa shape index (κ2) is 6.81. The van der Waals surface area contributed by atoms with Gasteiger partial charge in [0, 0.05) is 37.4 Å². The van der Waals surface area contributed by atoms with E-state index in [0.717, 1.165) is 24.5 Å². The Kier molecular flexibility index (Phi) is 4.76. The molecule has 0 saturated carbocycles. The maximum atomic E-state index is 13.0. The lowest BCUT2D eigenvalue weighted by Gasteiger charge is -2.39. The Morgan fingerprint density at radius 1 is 1.04 bits per heavy atom. The van der Waals surface area contributed by atoms with Gasteiger partial charge in [-0.05, 0) is 43.7 Å².